The second kappa shape index (κ2) is 3.44. The van der Waals surface area contributed by atoms with Crippen molar-refractivity contribution < 1.29 is 0 Å². The molecule has 1 heterocycles. The molecular weight excluding hydrogens is 219 g/mol. The maximum Gasteiger partial charge on any atom is 0.260 e. The van der Waals surface area contributed by atoms with E-state index in [4.69, 9.17) is 5.73 Å². The third kappa shape index (κ3) is 2.29. The number of nitrogens with two attached hydrogens (primary N) is 1. The summed E-state index contributed by atoms with van der Waals surface area (Å²) in [5, 5.41) is 12.0. The van der Waals surface area contributed by atoms with Gasteiger partial charge in [-0.25, -0.2) is 0 Å². The van der Waals surface area contributed by atoms with Crippen molar-refractivity contribution in [1.82, 2.24) is 20.6 Å². The smallest absolute Gasteiger partial charge is 0.260 e. The maximum atomic E-state index is 4.96. The van der Waals surface area contributed by atoms with E-state index < -0.39 is 0 Å². The minimum absolute atomic E-state index is 0. The maximum absolute atomic E-state index is 4.96. The summed E-state index contributed by atoms with van der Waals surface area (Å²) in [4.78, 5) is 0. The number of nitrogens with one attached hydrogen (secondary N) is 1. The molecule has 0 fully saturated rings. The number of nitrogens with zero attached hydrogens (tertiary/aromatic N) is 3. The van der Waals surface area contributed by atoms with Gasteiger partial charge in [-0.1, -0.05) is 5.10 Å². The van der Waals surface area contributed by atoms with Crippen molar-refractivity contribution in [2.75, 3.05) is 5.73 Å². The Morgan fingerprint density at radius 3 is 2.43 bits per heavy atom. The number of hydrogen-bond donors (Lipinski definition) is 2. The van der Waals surface area contributed by atoms with Gasteiger partial charge in [-0.2, -0.15) is 5.21 Å². The van der Waals surface area contributed by atoms with Gasteiger partial charge in [-0.05, 0) is 5.21 Å². The summed E-state index contributed by atoms with van der Waals surface area (Å²) in [5.74, 6) is 0.176. The Hall–Kier alpha value is 0.441. The van der Waals surface area contributed by atoms with Crippen molar-refractivity contribution in [3.63, 3.8) is 0 Å². The molecule has 6 heteroatoms. The Balaban J connectivity index is 0.000000360. The van der Waals surface area contributed by atoms with E-state index in [2.05, 4.69) is 20.6 Å². The van der Waals surface area contributed by atoms with Gasteiger partial charge in [-0.15, -0.1) is 5.10 Å². The molecule has 0 spiro atoms. The van der Waals surface area contributed by atoms with Gasteiger partial charge >= 0.3 is 0 Å². The topological polar surface area (TPSA) is 80.5 Å². The molecule has 0 bridgehead atoms. The van der Waals surface area contributed by atoms with Crippen LogP contribution in [0.2, 0.25) is 0 Å². The van der Waals surface area contributed by atoms with E-state index in [1.807, 2.05) is 0 Å². The van der Waals surface area contributed by atoms with Crippen LogP contribution in [0.5, 0.6) is 0 Å². The summed E-state index contributed by atoms with van der Waals surface area (Å²) in [7, 11) is 0. The van der Waals surface area contributed by atoms with Crippen molar-refractivity contribution in [2.24, 2.45) is 0 Å². The van der Waals surface area contributed by atoms with Crippen LogP contribution in [0.4, 0.5) is 5.95 Å². The molecule has 2 radical (unpaired) electrons. The van der Waals surface area contributed by atoms with Crippen molar-refractivity contribution in [3.8, 4) is 0 Å². The molecule has 0 aliphatic rings. The van der Waals surface area contributed by atoms with Crippen LogP contribution in [0.25, 0.3) is 0 Å². The van der Waals surface area contributed by atoms with E-state index in [0.717, 1.165) is 0 Å². The summed E-state index contributed by atoms with van der Waals surface area (Å²) < 4.78 is 0. The predicted octanol–water partition coefficient (Wildman–Crippen LogP) is -1.60. The van der Waals surface area contributed by atoms with Crippen molar-refractivity contribution >= 4 is 54.8 Å². The number of tetrazole rings is 1. The fourth-order valence-corrected chi connectivity index (χ4v) is 0.170. The quantitative estimate of drug-likeness (QED) is 0.518. The van der Waals surface area contributed by atoms with Crippen molar-refractivity contribution in [2.45, 2.75) is 0 Å². The summed E-state index contributed by atoms with van der Waals surface area (Å²) in [5.41, 5.74) is 4.96. The first kappa shape index (κ1) is 7.44. The minimum Gasteiger partial charge on any atom is -0.365 e. The van der Waals surface area contributed by atoms with Crippen LogP contribution in [-0.2, 0) is 0 Å². The fraction of sp³-hybridized carbons (Fsp3) is 0. The molecule has 0 aliphatic carbocycles. The number of rotatable bonds is 0. The van der Waals surface area contributed by atoms with Crippen LogP contribution >= 0.6 is 0 Å². The first-order valence-corrected chi connectivity index (χ1v) is 1.38. The number of H-pyrrole nitrogens is 1. The molecule has 1 aromatic rings. The Morgan fingerprint density at radius 2 is 2.29 bits per heavy atom. The number of aromatic amines is 1. The Morgan fingerprint density at radius 1 is 1.57 bits per heavy atom. The zero-order valence-corrected chi connectivity index (χ0v) is 8.07. The fourth-order valence-electron chi connectivity index (χ4n) is 0.170. The van der Waals surface area contributed by atoms with Crippen LogP contribution in [0.1, 0.15) is 0 Å². The number of nitrogen functional groups attached to an aromatic ring is 1. The molecule has 0 amide bonds. The average molecular weight is 222 g/mol. The van der Waals surface area contributed by atoms with Gasteiger partial charge in [0, 0.05) is 48.9 Å². The predicted molar refractivity (Wildman–Crippen MR) is 24.3 cm³/mol. The summed E-state index contributed by atoms with van der Waals surface area (Å²) >= 11 is 0. The van der Waals surface area contributed by atoms with Crippen molar-refractivity contribution in [1.29, 1.82) is 0 Å². The van der Waals surface area contributed by atoms with Gasteiger partial charge < -0.3 is 5.73 Å². The largest absolute Gasteiger partial charge is 0.365 e. The first-order chi connectivity index (χ1) is 2.89. The van der Waals surface area contributed by atoms with Gasteiger partial charge in [0.15, 0.2) is 0 Å². The zero-order valence-electron chi connectivity index (χ0n) is 3.63. The van der Waals surface area contributed by atoms with Gasteiger partial charge in [0.05, 0.1) is 0 Å². The summed E-state index contributed by atoms with van der Waals surface area (Å²) in [6, 6.07) is 0. The molecular formula is CH3BaN5. The molecule has 0 aliphatic heterocycles. The number of anilines is 1. The van der Waals surface area contributed by atoms with Gasteiger partial charge in [0.25, 0.3) is 5.95 Å². The Kier molecular flexibility index (Phi) is 3.66. The van der Waals surface area contributed by atoms with Crippen LogP contribution in [0, 0.1) is 0 Å². The molecule has 1 aromatic heterocycles. The van der Waals surface area contributed by atoms with E-state index in [1.165, 1.54) is 0 Å². The van der Waals surface area contributed by atoms with E-state index in [-0.39, 0.29) is 54.8 Å². The standard InChI is InChI=1S/CH3N5.Ba/c2-1-3-5-6-4-1;/h(H3,2,3,4,5,6);. The number of aromatic nitrogens is 4. The second-order valence-corrected chi connectivity index (χ2v) is 0.770. The van der Waals surface area contributed by atoms with Crippen LogP contribution in [0.3, 0.4) is 0 Å². The molecule has 34 valence electrons. The molecule has 1 rings (SSSR count). The molecule has 0 saturated heterocycles. The van der Waals surface area contributed by atoms with E-state index in [9.17, 15) is 0 Å². The van der Waals surface area contributed by atoms with E-state index >= 15 is 0 Å². The summed E-state index contributed by atoms with van der Waals surface area (Å²) in [6.07, 6.45) is 0. The SMILES string of the molecule is Nc1nn[nH]n1.[Ba]. The minimum atomic E-state index is 0. The molecule has 3 N–H and O–H groups in total. The van der Waals surface area contributed by atoms with Gasteiger partial charge in [0.1, 0.15) is 0 Å². The first-order valence-electron chi connectivity index (χ1n) is 1.38. The normalized spacial score (nSPS) is 7.43. The molecule has 0 unspecified atom stereocenters. The molecule has 0 atom stereocenters. The molecule has 5 nitrogen and oxygen atoms in total. The third-order valence-corrected chi connectivity index (χ3v) is 0.362. The second-order valence-electron chi connectivity index (χ2n) is 0.770. The third-order valence-electron chi connectivity index (χ3n) is 0.362. The van der Waals surface area contributed by atoms with Gasteiger partial charge in [-0.3, -0.25) is 0 Å². The Bertz CT molecular complexity index is 112. The van der Waals surface area contributed by atoms with Crippen molar-refractivity contribution in [3.05, 3.63) is 0 Å². The molecule has 0 saturated carbocycles. The number of hydrogen-bond acceptors (Lipinski definition) is 4. The molecule has 0 aromatic carbocycles. The van der Waals surface area contributed by atoms with Gasteiger partial charge in [0.2, 0.25) is 0 Å². The summed E-state index contributed by atoms with van der Waals surface area (Å²) in [6.45, 7) is 0. The van der Waals surface area contributed by atoms with Crippen LogP contribution < -0.4 is 5.73 Å². The zero-order chi connectivity index (χ0) is 4.41. The molecule has 7 heavy (non-hydrogen) atoms. The van der Waals surface area contributed by atoms with Crippen LogP contribution in [0.15, 0.2) is 0 Å². The monoisotopic (exact) mass is 223 g/mol. The van der Waals surface area contributed by atoms with Crippen LogP contribution in [-0.4, -0.2) is 69.5 Å². The van der Waals surface area contributed by atoms with E-state index in [0.29, 0.717) is 0 Å². The Labute approximate surface area is 80.1 Å². The average Bonchev–Trinajstić information content (AvgIpc) is 1.86. The van der Waals surface area contributed by atoms with E-state index in [1.54, 1.807) is 0 Å².